The van der Waals surface area contributed by atoms with Gasteiger partial charge in [-0.3, -0.25) is 0 Å². The second kappa shape index (κ2) is 6.37. The highest BCUT2D eigenvalue weighted by Gasteiger charge is 2.14. The monoisotopic (exact) mass is 337 g/mol. The lowest BCUT2D eigenvalue weighted by molar-refractivity contribution is 0.383. The fraction of sp³-hybridized carbons (Fsp3) is 0.250. The van der Waals surface area contributed by atoms with E-state index in [0.29, 0.717) is 12.0 Å². The van der Waals surface area contributed by atoms with Crippen molar-refractivity contribution in [1.82, 2.24) is 0 Å². The third kappa shape index (κ3) is 3.38. The quantitative estimate of drug-likeness (QED) is 0.909. The summed E-state index contributed by atoms with van der Waals surface area (Å²) in [6.07, 6.45) is 0.429. The van der Waals surface area contributed by atoms with Crippen molar-refractivity contribution in [2.45, 2.75) is 19.4 Å². The Morgan fingerprint density at radius 3 is 2.70 bits per heavy atom. The molecule has 2 aromatic carbocycles. The molecule has 2 aromatic rings. The van der Waals surface area contributed by atoms with E-state index in [1.165, 1.54) is 7.11 Å². The van der Waals surface area contributed by atoms with Gasteiger partial charge in [-0.25, -0.2) is 4.39 Å². The van der Waals surface area contributed by atoms with E-state index in [-0.39, 0.29) is 17.6 Å². The first kappa shape index (κ1) is 15.0. The van der Waals surface area contributed by atoms with E-state index in [9.17, 15) is 4.39 Å². The number of ether oxygens (including phenoxy) is 1. The van der Waals surface area contributed by atoms with Crippen molar-refractivity contribution in [3.8, 4) is 5.75 Å². The molecule has 0 aliphatic carbocycles. The van der Waals surface area contributed by atoms with Gasteiger partial charge in [-0.05, 0) is 48.2 Å². The smallest absolute Gasteiger partial charge is 0.168 e. The third-order valence-corrected chi connectivity index (χ3v) is 3.65. The molecule has 0 amide bonds. The van der Waals surface area contributed by atoms with E-state index in [2.05, 4.69) is 15.9 Å². The van der Waals surface area contributed by atoms with Gasteiger partial charge in [0, 0.05) is 10.5 Å². The molecular weight excluding hydrogens is 321 g/mol. The van der Waals surface area contributed by atoms with Gasteiger partial charge in [-0.2, -0.15) is 0 Å². The number of methoxy groups -OCH3 is 1. The summed E-state index contributed by atoms with van der Waals surface area (Å²) < 4.78 is 20.1. The number of benzene rings is 2. The van der Waals surface area contributed by atoms with E-state index in [4.69, 9.17) is 10.5 Å². The van der Waals surface area contributed by atoms with Crippen molar-refractivity contribution in [1.29, 1.82) is 0 Å². The number of hydrogen-bond acceptors (Lipinski definition) is 2. The largest absolute Gasteiger partial charge is 0.494 e. The van der Waals surface area contributed by atoms with Crippen LogP contribution in [0.2, 0.25) is 0 Å². The van der Waals surface area contributed by atoms with E-state index in [1.807, 2.05) is 25.1 Å². The van der Waals surface area contributed by atoms with Gasteiger partial charge in [0.25, 0.3) is 0 Å². The lowest BCUT2D eigenvalue weighted by atomic mass is 9.98. The first-order chi connectivity index (χ1) is 9.51. The Balaban J connectivity index is 2.25. The van der Waals surface area contributed by atoms with Gasteiger partial charge in [-0.15, -0.1) is 0 Å². The zero-order valence-corrected chi connectivity index (χ0v) is 13.1. The van der Waals surface area contributed by atoms with Gasteiger partial charge in [0.2, 0.25) is 0 Å². The maximum atomic E-state index is 14.1. The fourth-order valence-corrected chi connectivity index (χ4v) is 2.83. The summed E-state index contributed by atoms with van der Waals surface area (Å²) in [5.74, 6) is -0.0858. The van der Waals surface area contributed by atoms with E-state index in [1.54, 1.807) is 18.2 Å². The number of halogens is 2. The SMILES string of the molecule is COc1cccc(CC(N)c2cc(C)cc(Br)c2)c1F. The van der Waals surface area contributed by atoms with Crippen molar-refractivity contribution in [2.75, 3.05) is 7.11 Å². The molecule has 0 aliphatic rings. The molecule has 20 heavy (non-hydrogen) atoms. The second-order valence-electron chi connectivity index (χ2n) is 4.81. The molecule has 2 rings (SSSR count). The number of hydrogen-bond donors (Lipinski definition) is 1. The Hall–Kier alpha value is -1.39. The molecule has 1 atom stereocenters. The van der Waals surface area contributed by atoms with Crippen molar-refractivity contribution in [3.63, 3.8) is 0 Å². The summed E-state index contributed by atoms with van der Waals surface area (Å²) in [5, 5.41) is 0. The number of aryl methyl sites for hydroxylation is 1. The lowest BCUT2D eigenvalue weighted by Gasteiger charge is -2.15. The maximum absolute atomic E-state index is 14.1. The summed E-state index contributed by atoms with van der Waals surface area (Å²) >= 11 is 3.45. The van der Waals surface area contributed by atoms with Crippen LogP contribution in [0.1, 0.15) is 22.7 Å². The molecule has 0 aliphatic heterocycles. The van der Waals surface area contributed by atoms with Crippen molar-refractivity contribution >= 4 is 15.9 Å². The first-order valence-corrected chi connectivity index (χ1v) is 7.14. The number of rotatable bonds is 4. The van der Waals surface area contributed by atoms with Crippen LogP contribution in [0.3, 0.4) is 0 Å². The fourth-order valence-electron chi connectivity index (χ4n) is 2.20. The molecule has 0 saturated heterocycles. The molecule has 1 unspecified atom stereocenters. The summed E-state index contributed by atoms with van der Waals surface area (Å²) in [6.45, 7) is 2.01. The Bertz CT molecular complexity index is 595. The molecule has 0 bridgehead atoms. The van der Waals surface area contributed by atoms with Crippen LogP contribution >= 0.6 is 15.9 Å². The second-order valence-corrected chi connectivity index (χ2v) is 5.72. The molecule has 0 aromatic heterocycles. The molecule has 4 heteroatoms. The predicted molar refractivity (Wildman–Crippen MR) is 82.5 cm³/mol. The zero-order chi connectivity index (χ0) is 14.7. The van der Waals surface area contributed by atoms with Crippen LogP contribution in [0.4, 0.5) is 4.39 Å². The predicted octanol–water partition coefficient (Wildman–Crippen LogP) is 4.15. The Labute approximate surface area is 126 Å². The maximum Gasteiger partial charge on any atom is 0.168 e. The van der Waals surface area contributed by atoms with Crippen LogP contribution in [-0.4, -0.2) is 7.11 Å². The van der Waals surface area contributed by atoms with Crippen molar-refractivity contribution in [3.05, 3.63) is 63.4 Å². The van der Waals surface area contributed by atoms with Crippen LogP contribution < -0.4 is 10.5 Å². The Morgan fingerprint density at radius 1 is 1.30 bits per heavy atom. The van der Waals surface area contributed by atoms with Crippen LogP contribution in [0.5, 0.6) is 5.75 Å². The van der Waals surface area contributed by atoms with E-state index in [0.717, 1.165) is 15.6 Å². The Morgan fingerprint density at radius 2 is 2.05 bits per heavy atom. The molecule has 0 radical (unpaired) electrons. The summed E-state index contributed by atoms with van der Waals surface area (Å²) in [5.41, 5.74) is 8.87. The normalized spacial score (nSPS) is 12.2. The topological polar surface area (TPSA) is 35.2 Å². The highest BCUT2D eigenvalue weighted by atomic mass is 79.9. The zero-order valence-electron chi connectivity index (χ0n) is 11.5. The van der Waals surface area contributed by atoms with Crippen molar-refractivity contribution in [2.24, 2.45) is 5.73 Å². The lowest BCUT2D eigenvalue weighted by Crippen LogP contribution is -2.14. The molecule has 0 heterocycles. The minimum absolute atomic E-state index is 0.250. The summed E-state index contributed by atoms with van der Waals surface area (Å²) in [6, 6.07) is 10.9. The molecule has 106 valence electrons. The standard InChI is InChI=1S/C16H17BrFNO/c1-10-6-12(8-13(17)7-10)14(19)9-11-4-3-5-15(20-2)16(11)18/h3-8,14H,9,19H2,1-2H3. The van der Waals surface area contributed by atoms with Crippen molar-refractivity contribution < 1.29 is 9.13 Å². The molecule has 2 nitrogen and oxygen atoms in total. The summed E-state index contributed by atoms with van der Waals surface area (Å²) in [7, 11) is 1.46. The molecule has 0 fully saturated rings. The Kier molecular flexibility index (Phi) is 4.78. The average molecular weight is 338 g/mol. The van der Waals surface area contributed by atoms with Crippen LogP contribution in [0.25, 0.3) is 0 Å². The van der Waals surface area contributed by atoms with Gasteiger partial charge in [0.15, 0.2) is 11.6 Å². The van der Waals surface area contributed by atoms with Gasteiger partial charge in [0.1, 0.15) is 0 Å². The minimum atomic E-state index is -0.336. The van der Waals surface area contributed by atoms with E-state index >= 15 is 0 Å². The van der Waals surface area contributed by atoms with Crippen LogP contribution in [-0.2, 0) is 6.42 Å². The minimum Gasteiger partial charge on any atom is -0.494 e. The number of nitrogens with two attached hydrogens (primary N) is 1. The van der Waals surface area contributed by atoms with Crippen LogP contribution in [0.15, 0.2) is 40.9 Å². The molecule has 0 spiro atoms. The third-order valence-electron chi connectivity index (χ3n) is 3.20. The molecule has 0 saturated carbocycles. The molecule has 2 N–H and O–H groups in total. The van der Waals surface area contributed by atoms with Gasteiger partial charge < -0.3 is 10.5 Å². The molecular formula is C16H17BrFNO. The highest BCUT2D eigenvalue weighted by Crippen LogP contribution is 2.26. The highest BCUT2D eigenvalue weighted by molar-refractivity contribution is 9.10. The van der Waals surface area contributed by atoms with Crippen LogP contribution in [0, 0.1) is 12.7 Å². The van der Waals surface area contributed by atoms with E-state index < -0.39 is 0 Å². The van der Waals surface area contributed by atoms with Gasteiger partial charge in [-0.1, -0.05) is 34.1 Å². The van der Waals surface area contributed by atoms with Gasteiger partial charge >= 0.3 is 0 Å². The first-order valence-electron chi connectivity index (χ1n) is 6.35. The average Bonchev–Trinajstić information content (AvgIpc) is 2.40. The summed E-state index contributed by atoms with van der Waals surface area (Å²) in [4.78, 5) is 0. The van der Waals surface area contributed by atoms with Gasteiger partial charge in [0.05, 0.1) is 7.11 Å².